The van der Waals surface area contributed by atoms with E-state index in [0.29, 0.717) is 11.1 Å². The molecular formula is C16H17BF2N4O2. The second-order valence-electron chi connectivity index (χ2n) is 5.98. The summed E-state index contributed by atoms with van der Waals surface area (Å²) in [4.78, 5) is 11.0. The maximum absolute atomic E-state index is 13.6. The third-order valence-electron chi connectivity index (χ3n) is 4.21. The molecule has 130 valence electrons. The first-order chi connectivity index (χ1) is 11.6. The van der Waals surface area contributed by atoms with E-state index in [9.17, 15) is 18.8 Å². The number of benzene rings is 1. The summed E-state index contributed by atoms with van der Waals surface area (Å²) in [5.41, 5.74) is 7.10. The van der Waals surface area contributed by atoms with Gasteiger partial charge in [0.05, 0.1) is 5.92 Å². The standard InChI is InChI=1S/C16H17BF2N4O2/c1-8(15(24)25)10-3-5-11(6-4-10)13-12(7-20)14(21)23(22-13)9(2)16(17,18)19/h3-6,8-9H,17,21H2,1-2H3,(H,24,25). The van der Waals surface area contributed by atoms with Gasteiger partial charge >= 0.3 is 5.97 Å². The van der Waals surface area contributed by atoms with Crippen molar-refractivity contribution in [1.82, 2.24) is 9.78 Å². The number of carboxylic acid groups (broad SMARTS) is 1. The fourth-order valence-electron chi connectivity index (χ4n) is 2.34. The van der Waals surface area contributed by atoms with Crippen molar-refractivity contribution in [3.8, 4) is 17.3 Å². The first-order valence-corrected chi connectivity index (χ1v) is 7.57. The van der Waals surface area contributed by atoms with E-state index >= 15 is 0 Å². The van der Waals surface area contributed by atoms with E-state index in [1.807, 2.05) is 6.07 Å². The van der Waals surface area contributed by atoms with Gasteiger partial charge in [0, 0.05) is 5.56 Å². The zero-order valence-corrected chi connectivity index (χ0v) is 14.0. The first kappa shape index (κ1) is 18.5. The molecule has 0 aliphatic heterocycles. The molecule has 3 N–H and O–H groups in total. The van der Waals surface area contributed by atoms with Crippen LogP contribution in [0.3, 0.4) is 0 Å². The van der Waals surface area contributed by atoms with E-state index in [0.717, 1.165) is 12.5 Å². The molecule has 0 fully saturated rings. The number of aliphatic carboxylic acids is 1. The molecule has 0 aliphatic carbocycles. The van der Waals surface area contributed by atoms with Crippen LogP contribution in [0.15, 0.2) is 24.3 Å². The molecular weight excluding hydrogens is 329 g/mol. The Balaban J connectivity index is 2.50. The van der Waals surface area contributed by atoms with Gasteiger partial charge in [0.1, 0.15) is 29.2 Å². The smallest absolute Gasteiger partial charge is 0.310 e. The summed E-state index contributed by atoms with van der Waals surface area (Å²) < 4.78 is 28.1. The van der Waals surface area contributed by atoms with Crippen molar-refractivity contribution in [3.63, 3.8) is 0 Å². The van der Waals surface area contributed by atoms with Crippen molar-refractivity contribution < 1.29 is 18.7 Å². The monoisotopic (exact) mass is 346 g/mol. The van der Waals surface area contributed by atoms with Gasteiger partial charge in [0.2, 0.25) is 5.82 Å². The number of alkyl halides is 2. The number of nitrogen functional groups attached to an aromatic ring is 1. The Hall–Kier alpha value is -2.89. The molecule has 0 aliphatic rings. The third-order valence-corrected chi connectivity index (χ3v) is 4.21. The molecule has 0 saturated heterocycles. The summed E-state index contributed by atoms with van der Waals surface area (Å²) in [7, 11) is 0.757. The van der Waals surface area contributed by atoms with Crippen LogP contribution in [0.2, 0.25) is 0 Å². The molecule has 0 amide bonds. The highest BCUT2D eigenvalue weighted by molar-refractivity contribution is 6.13. The Labute approximate surface area is 144 Å². The van der Waals surface area contributed by atoms with Crippen LogP contribution in [0, 0.1) is 11.3 Å². The molecule has 25 heavy (non-hydrogen) atoms. The van der Waals surface area contributed by atoms with Gasteiger partial charge in [-0.3, -0.25) is 4.79 Å². The minimum atomic E-state index is -3.06. The fourth-order valence-corrected chi connectivity index (χ4v) is 2.34. The summed E-state index contributed by atoms with van der Waals surface area (Å²) in [5, 5.41) is 22.5. The number of hydrogen-bond donors (Lipinski definition) is 2. The quantitative estimate of drug-likeness (QED) is 0.806. The lowest BCUT2D eigenvalue weighted by molar-refractivity contribution is -0.138. The molecule has 1 aromatic heterocycles. The van der Waals surface area contributed by atoms with Crippen LogP contribution in [0.25, 0.3) is 11.3 Å². The number of rotatable bonds is 5. The van der Waals surface area contributed by atoms with Gasteiger partial charge < -0.3 is 10.8 Å². The van der Waals surface area contributed by atoms with Gasteiger partial charge in [-0.15, -0.1) is 0 Å². The highest BCUT2D eigenvalue weighted by atomic mass is 19.3. The zero-order chi connectivity index (χ0) is 18.9. The van der Waals surface area contributed by atoms with Crippen molar-refractivity contribution >= 4 is 19.6 Å². The maximum Gasteiger partial charge on any atom is 0.310 e. The van der Waals surface area contributed by atoms with Crippen LogP contribution in [0.4, 0.5) is 14.6 Å². The Morgan fingerprint density at radius 1 is 1.40 bits per heavy atom. The van der Waals surface area contributed by atoms with Gasteiger partial charge in [-0.2, -0.15) is 10.4 Å². The molecule has 6 nitrogen and oxygen atoms in total. The molecule has 1 heterocycles. The van der Waals surface area contributed by atoms with E-state index in [1.54, 1.807) is 31.2 Å². The summed E-state index contributed by atoms with van der Waals surface area (Å²) in [6, 6.07) is 6.96. The second kappa shape index (κ2) is 6.55. The van der Waals surface area contributed by atoms with Gasteiger partial charge in [-0.25, -0.2) is 13.5 Å². The van der Waals surface area contributed by atoms with Crippen LogP contribution in [-0.4, -0.2) is 34.5 Å². The summed E-state index contributed by atoms with van der Waals surface area (Å²) >= 11 is 0. The Morgan fingerprint density at radius 3 is 2.40 bits per heavy atom. The Kier molecular flexibility index (Phi) is 4.83. The van der Waals surface area contributed by atoms with Crippen LogP contribution < -0.4 is 5.73 Å². The Bertz CT molecular complexity index is 838. The number of carbonyl (C=O) groups is 1. The minimum Gasteiger partial charge on any atom is -0.481 e. The normalized spacial score (nSPS) is 13.9. The number of aromatic nitrogens is 2. The molecule has 2 unspecified atom stereocenters. The van der Waals surface area contributed by atoms with Crippen LogP contribution in [-0.2, 0) is 4.79 Å². The fraction of sp³-hybridized carbons (Fsp3) is 0.312. The number of hydrogen-bond acceptors (Lipinski definition) is 4. The van der Waals surface area contributed by atoms with Crippen molar-refractivity contribution in [1.29, 1.82) is 5.26 Å². The van der Waals surface area contributed by atoms with E-state index in [4.69, 9.17) is 10.8 Å². The van der Waals surface area contributed by atoms with Gasteiger partial charge in [0.25, 0.3) is 0 Å². The molecule has 9 heteroatoms. The molecule has 1 aromatic carbocycles. The summed E-state index contributed by atoms with van der Waals surface area (Å²) in [6.07, 6.45) is 0. The molecule has 2 aromatic rings. The predicted molar refractivity (Wildman–Crippen MR) is 91.0 cm³/mol. The molecule has 2 rings (SSSR count). The van der Waals surface area contributed by atoms with Crippen molar-refractivity contribution in [3.05, 3.63) is 35.4 Å². The molecule has 2 atom stereocenters. The number of nitriles is 1. The van der Waals surface area contributed by atoms with E-state index in [2.05, 4.69) is 5.10 Å². The number of halogens is 2. The van der Waals surface area contributed by atoms with Gasteiger partial charge in [-0.05, 0) is 19.4 Å². The minimum absolute atomic E-state index is 0.00938. The predicted octanol–water partition coefficient (Wildman–Crippen LogP) is 1.98. The molecule has 0 radical (unpaired) electrons. The van der Waals surface area contributed by atoms with Crippen LogP contribution >= 0.6 is 0 Å². The number of anilines is 1. The number of nitrogens with zero attached hydrogens (tertiary/aromatic N) is 3. The van der Waals surface area contributed by atoms with Gasteiger partial charge in [-0.1, -0.05) is 24.3 Å². The largest absolute Gasteiger partial charge is 0.481 e. The third kappa shape index (κ3) is 3.48. The van der Waals surface area contributed by atoms with Gasteiger partial charge in [0.15, 0.2) is 7.85 Å². The van der Waals surface area contributed by atoms with E-state index in [-0.39, 0.29) is 17.1 Å². The van der Waals surface area contributed by atoms with Crippen molar-refractivity contribution in [2.45, 2.75) is 31.6 Å². The lowest BCUT2D eigenvalue weighted by atomic mass is 9.92. The number of carboxylic acids is 1. The lowest BCUT2D eigenvalue weighted by Gasteiger charge is -2.21. The summed E-state index contributed by atoms with van der Waals surface area (Å²) in [6.45, 7) is 2.82. The van der Waals surface area contributed by atoms with Crippen molar-refractivity contribution in [2.75, 3.05) is 5.73 Å². The Morgan fingerprint density at radius 2 is 1.96 bits per heavy atom. The highest BCUT2D eigenvalue weighted by Gasteiger charge is 2.34. The molecule has 0 spiro atoms. The average molecular weight is 346 g/mol. The zero-order valence-electron chi connectivity index (χ0n) is 14.0. The van der Waals surface area contributed by atoms with E-state index < -0.39 is 23.8 Å². The molecule has 0 bridgehead atoms. The maximum atomic E-state index is 13.6. The van der Waals surface area contributed by atoms with Crippen LogP contribution in [0.1, 0.15) is 36.9 Å². The molecule has 0 saturated carbocycles. The highest BCUT2D eigenvalue weighted by Crippen LogP contribution is 2.33. The topological polar surface area (TPSA) is 105 Å². The lowest BCUT2D eigenvalue weighted by Crippen LogP contribution is -2.30. The average Bonchev–Trinajstić information content (AvgIpc) is 2.89. The van der Waals surface area contributed by atoms with Crippen LogP contribution in [0.5, 0.6) is 0 Å². The van der Waals surface area contributed by atoms with Crippen molar-refractivity contribution in [2.24, 2.45) is 0 Å². The summed E-state index contributed by atoms with van der Waals surface area (Å²) in [5.74, 6) is -4.84. The van der Waals surface area contributed by atoms with E-state index in [1.165, 1.54) is 6.92 Å². The SMILES string of the molecule is BC(F)(F)C(C)n1nc(-c2ccc(C(C)C(=O)O)cc2)c(C#N)c1N. The second-order valence-corrected chi connectivity index (χ2v) is 5.98. The first-order valence-electron chi connectivity index (χ1n) is 7.57. The number of nitrogens with two attached hydrogens (primary N) is 1.